The second-order valence-electron chi connectivity index (χ2n) is 6.02. The molecule has 1 aliphatic heterocycles. The number of fused-ring (bicyclic) bond motifs is 1. The van der Waals surface area contributed by atoms with E-state index in [4.69, 9.17) is 0 Å². The molecule has 0 bridgehead atoms. The van der Waals surface area contributed by atoms with E-state index >= 15 is 0 Å². The van der Waals surface area contributed by atoms with Crippen LogP contribution in [-0.2, 0) is 6.18 Å². The number of thioether (sulfide) groups is 1. The number of rotatable bonds is 3. The molecule has 6 nitrogen and oxygen atoms in total. The van der Waals surface area contributed by atoms with Crippen LogP contribution in [0.3, 0.4) is 0 Å². The SMILES string of the molecule is O=[N+]([O-])c1cccc(C2=CSc3nc(-c4cccc(C(F)(F)F)c4)c(Br)n3N2)c1. The van der Waals surface area contributed by atoms with E-state index in [1.165, 1.54) is 30.0 Å². The first kappa shape index (κ1) is 19.5. The molecule has 0 unspecified atom stereocenters. The van der Waals surface area contributed by atoms with E-state index in [-0.39, 0.29) is 5.69 Å². The van der Waals surface area contributed by atoms with Crippen LogP contribution in [0.1, 0.15) is 11.1 Å². The highest BCUT2D eigenvalue weighted by molar-refractivity contribution is 9.10. The van der Waals surface area contributed by atoms with Gasteiger partial charge in [0.15, 0.2) is 5.16 Å². The van der Waals surface area contributed by atoms with Crippen molar-refractivity contribution < 1.29 is 18.1 Å². The number of benzene rings is 2. The average molecular weight is 483 g/mol. The van der Waals surface area contributed by atoms with Crippen LogP contribution in [0.2, 0.25) is 0 Å². The largest absolute Gasteiger partial charge is 0.416 e. The Kier molecular flexibility index (Phi) is 4.87. The van der Waals surface area contributed by atoms with Crippen LogP contribution in [0.25, 0.3) is 17.0 Å². The summed E-state index contributed by atoms with van der Waals surface area (Å²) in [4.78, 5) is 14.9. The van der Waals surface area contributed by atoms with Crippen molar-refractivity contribution in [1.82, 2.24) is 9.66 Å². The van der Waals surface area contributed by atoms with Gasteiger partial charge in [0, 0.05) is 28.7 Å². The van der Waals surface area contributed by atoms with Crippen molar-refractivity contribution in [3.05, 3.63) is 79.8 Å². The number of non-ortho nitro benzene ring substituents is 1. The summed E-state index contributed by atoms with van der Waals surface area (Å²) in [5, 5.41) is 13.3. The molecule has 2 heterocycles. The molecule has 1 N–H and O–H groups in total. The van der Waals surface area contributed by atoms with Crippen molar-refractivity contribution in [2.75, 3.05) is 5.43 Å². The molecule has 148 valence electrons. The Labute approximate surface area is 174 Å². The minimum Gasteiger partial charge on any atom is -0.290 e. The average Bonchev–Trinajstić information content (AvgIpc) is 3.03. The van der Waals surface area contributed by atoms with Gasteiger partial charge in [-0.05, 0) is 28.1 Å². The molecule has 0 spiro atoms. The van der Waals surface area contributed by atoms with E-state index in [1.807, 2.05) is 0 Å². The fourth-order valence-electron chi connectivity index (χ4n) is 2.76. The molecule has 0 amide bonds. The second-order valence-corrected chi connectivity index (χ2v) is 7.60. The standard InChI is InChI=1S/C18H10BrF3N4O2S/c19-16-15(11-4-1-5-12(7-11)18(20,21)22)23-17-25(16)24-14(9-29-17)10-3-2-6-13(8-10)26(27)28/h1-9,24H. The maximum atomic E-state index is 13.0. The van der Waals surface area contributed by atoms with Crippen molar-refractivity contribution in [3.8, 4) is 11.3 Å². The number of alkyl halides is 3. The van der Waals surface area contributed by atoms with Crippen molar-refractivity contribution in [1.29, 1.82) is 0 Å². The lowest BCUT2D eigenvalue weighted by Gasteiger charge is -2.18. The summed E-state index contributed by atoms with van der Waals surface area (Å²) in [6, 6.07) is 11.0. The van der Waals surface area contributed by atoms with Gasteiger partial charge in [0.2, 0.25) is 0 Å². The van der Waals surface area contributed by atoms with Crippen molar-refractivity contribution in [2.45, 2.75) is 11.3 Å². The number of halogens is 4. The Hall–Kier alpha value is -2.79. The Balaban J connectivity index is 1.68. The molecule has 0 radical (unpaired) electrons. The molecule has 0 fully saturated rings. The van der Waals surface area contributed by atoms with Gasteiger partial charge < -0.3 is 0 Å². The third kappa shape index (κ3) is 3.75. The zero-order valence-corrected chi connectivity index (χ0v) is 16.7. The Bertz CT molecular complexity index is 1160. The van der Waals surface area contributed by atoms with Gasteiger partial charge in [-0.2, -0.15) is 13.2 Å². The monoisotopic (exact) mass is 482 g/mol. The number of hydrogen-bond acceptors (Lipinski definition) is 5. The molecule has 0 saturated heterocycles. The third-order valence-corrected chi connectivity index (χ3v) is 5.70. The van der Waals surface area contributed by atoms with E-state index in [0.29, 0.717) is 32.3 Å². The van der Waals surface area contributed by atoms with Crippen molar-refractivity contribution >= 4 is 39.1 Å². The molecule has 1 aromatic heterocycles. The first-order valence-corrected chi connectivity index (χ1v) is 9.76. The number of nitro benzene ring substituents is 1. The van der Waals surface area contributed by atoms with Gasteiger partial charge in [-0.1, -0.05) is 36.0 Å². The molecule has 29 heavy (non-hydrogen) atoms. The van der Waals surface area contributed by atoms with Gasteiger partial charge in [0.05, 0.1) is 16.2 Å². The molecular formula is C18H10BrF3N4O2S. The van der Waals surface area contributed by atoms with Crippen LogP contribution in [0.15, 0.2) is 63.7 Å². The molecule has 0 atom stereocenters. The van der Waals surface area contributed by atoms with Gasteiger partial charge in [0.25, 0.3) is 5.69 Å². The minimum atomic E-state index is -4.45. The minimum absolute atomic E-state index is 0.0460. The summed E-state index contributed by atoms with van der Waals surface area (Å²) in [6.07, 6.45) is -4.45. The zero-order chi connectivity index (χ0) is 20.8. The summed E-state index contributed by atoms with van der Waals surface area (Å²) in [7, 11) is 0. The maximum absolute atomic E-state index is 13.0. The molecule has 2 aromatic carbocycles. The molecule has 0 aliphatic carbocycles. The van der Waals surface area contributed by atoms with E-state index in [9.17, 15) is 23.3 Å². The highest BCUT2D eigenvalue weighted by atomic mass is 79.9. The van der Waals surface area contributed by atoms with Crippen LogP contribution in [0.4, 0.5) is 18.9 Å². The van der Waals surface area contributed by atoms with E-state index in [0.717, 1.165) is 12.1 Å². The first-order chi connectivity index (χ1) is 13.7. The van der Waals surface area contributed by atoms with Gasteiger partial charge in [-0.25, -0.2) is 9.66 Å². The van der Waals surface area contributed by atoms with Gasteiger partial charge in [-0.15, -0.1) is 0 Å². The Morgan fingerprint density at radius 3 is 2.59 bits per heavy atom. The number of nitrogens with zero attached hydrogens (tertiary/aromatic N) is 3. The lowest BCUT2D eigenvalue weighted by atomic mass is 10.1. The topological polar surface area (TPSA) is 73.0 Å². The summed E-state index contributed by atoms with van der Waals surface area (Å²) in [6.45, 7) is 0. The van der Waals surface area contributed by atoms with Crippen molar-refractivity contribution in [2.24, 2.45) is 0 Å². The summed E-state index contributed by atoms with van der Waals surface area (Å²) >= 11 is 4.64. The van der Waals surface area contributed by atoms with E-state index < -0.39 is 16.7 Å². The van der Waals surface area contributed by atoms with Crippen LogP contribution >= 0.6 is 27.7 Å². The number of hydrogen-bond donors (Lipinski definition) is 1. The summed E-state index contributed by atoms with van der Waals surface area (Å²) in [5.41, 5.74) is 4.13. The number of imidazole rings is 1. The van der Waals surface area contributed by atoms with Crippen LogP contribution in [0, 0.1) is 10.1 Å². The quantitative estimate of drug-likeness (QED) is 0.372. The van der Waals surface area contributed by atoms with E-state index in [1.54, 1.807) is 28.3 Å². The zero-order valence-electron chi connectivity index (χ0n) is 14.3. The Morgan fingerprint density at radius 2 is 1.86 bits per heavy atom. The smallest absolute Gasteiger partial charge is 0.290 e. The molecule has 0 saturated carbocycles. The Morgan fingerprint density at radius 1 is 1.14 bits per heavy atom. The first-order valence-electron chi connectivity index (χ1n) is 8.08. The summed E-state index contributed by atoms with van der Waals surface area (Å²) < 4.78 is 41.1. The normalized spacial score (nSPS) is 13.4. The highest BCUT2D eigenvalue weighted by Crippen LogP contribution is 2.38. The molecule has 4 rings (SSSR count). The molecule has 3 aromatic rings. The second kappa shape index (κ2) is 7.23. The lowest BCUT2D eigenvalue weighted by Crippen LogP contribution is -2.17. The predicted molar refractivity (Wildman–Crippen MR) is 107 cm³/mol. The van der Waals surface area contributed by atoms with Crippen LogP contribution in [-0.4, -0.2) is 14.6 Å². The lowest BCUT2D eigenvalue weighted by molar-refractivity contribution is -0.384. The number of nitrogens with one attached hydrogen (secondary N) is 1. The van der Waals surface area contributed by atoms with Crippen molar-refractivity contribution in [3.63, 3.8) is 0 Å². The fourth-order valence-corrected chi connectivity index (χ4v) is 4.25. The number of aromatic nitrogens is 2. The fraction of sp³-hybridized carbons (Fsp3) is 0.0556. The van der Waals surface area contributed by atoms with Crippen LogP contribution in [0.5, 0.6) is 0 Å². The predicted octanol–water partition coefficient (Wildman–Crippen LogP) is 5.89. The summed E-state index contributed by atoms with van der Waals surface area (Å²) in [5.74, 6) is 0. The van der Waals surface area contributed by atoms with Crippen LogP contribution < -0.4 is 5.43 Å². The van der Waals surface area contributed by atoms with E-state index in [2.05, 4.69) is 26.3 Å². The highest BCUT2D eigenvalue weighted by Gasteiger charge is 2.31. The maximum Gasteiger partial charge on any atom is 0.416 e. The number of nitro groups is 1. The molecular weight excluding hydrogens is 473 g/mol. The third-order valence-electron chi connectivity index (χ3n) is 4.14. The van der Waals surface area contributed by atoms with Gasteiger partial charge in [0.1, 0.15) is 10.3 Å². The molecule has 1 aliphatic rings. The van der Waals surface area contributed by atoms with Gasteiger partial charge >= 0.3 is 6.18 Å². The van der Waals surface area contributed by atoms with Gasteiger partial charge in [-0.3, -0.25) is 15.5 Å². The molecule has 11 heteroatoms.